The molecule has 0 aromatic rings. The lowest BCUT2D eigenvalue weighted by atomic mass is 10.2. The molecule has 2 aliphatic heterocycles. The summed E-state index contributed by atoms with van der Waals surface area (Å²) < 4.78 is 0. The van der Waals surface area contributed by atoms with Crippen LogP contribution in [0.4, 0.5) is 0 Å². The van der Waals surface area contributed by atoms with E-state index in [0.717, 1.165) is 12.1 Å². The van der Waals surface area contributed by atoms with Gasteiger partial charge in [0.15, 0.2) is 0 Å². The van der Waals surface area contributed by atoms with Crippen LogP contribution in [0.15, 0.2) is 0 Å². The molecular weight excluding hydrogens is 112 g/mol. The average Bonchev–Trinajstić information content (AvgIpc) is 2.11. The molecule has 0 radical (unpaired) electrons. The second-order valence-corrected chi connectivity index (χ2v) is 3.36. The topological polar surface area (TPSA) is 15.3 Å². The molecule has 0 unspecified atom stereocenters. The lowest BCUT2D eigenvalue weighted by Crippen LogP contribution is -2.49. The molecule has 9 heavy (non-hydrogen) atoms. The van der Waals surface area contributed by atoms with Crippen molar-refractivity contribution in [3.05, 3.63) is 0 Å². The van der Waals surface area contributed by atoms with Crippen LogP contribution in [0.25, 0.3) is 0 Å². The molecule has 2 bridgehead atoms. The molecule has 2 aliphatic rings. The lowest BCUT2D eigenvalue weighted by molar-refractivity contribution is 0.235. The van der Waals surface area contributed by atoms with Crippen LogP contribution in [-0.2, 0) is 0 Å². The van der Waals surface area contributed by atoms with Gasteiger partial charge in [-0.15, -0.1) is 0 Å². The second kappa shape index (κ2) is 1.96. The van der Waals surface area contributed by atoms with E-state index in [1.54, 1.807) is 0 Å². The van der Waals surface area contributed by atoms with Gasteiger partial charge >= 0.3 is 0 Å². The highest BCUT2D eigenvalue weighted by molar-refractivity contribution is 4.91. The van der Waals surface area contributed by atoms with Gasteiger partial charge in [0.05, 0.1) is 0 Å². The summed E-state index contributed by atoms with van der Waals surface area (Å²) in [5.74, 6) is 0. The Morgan fingerprint density at radius 2 is 1.78 bits per heavy atom. The molecule has 2 atom stereocenters. The van der Waals surface area contributed by atoms with Crippen LogP contribution in [0.3, 0.4) is 0 Å². The Kier molecular flexibility index (Phi) is 1.24. The van der Waals surface area contributed by atoms with Crippen LogP contribution in [-0.4, -0.2) is 37.1 Å². The Morgan fingerprint density at radius 3 is 2.33 bits per heavy atom. The van der Waals surface area contributed by atoms with Crippen molar-refractivity contribution in [1.29, 1.82) is 0 Å². The van der Waals surface area contributed by atoms with Crippen LogP contribution in [0.1, 0.15) is 12.8 Å². The predicted molar refractivity (Wildman–Crippen MR) is 37.4 cm³/mol. The molecule has 0 saturated carbocycles. The molecule has 2 heteroatoms. The third-order valence-electron chi connectivity index (χ3n) is 2.40. The average molecular weight is 126 g/mol. The molecular formula is C7H14N2. The van der Waals surface area contributed by atoms with Gasteiger partial charge < -0.3 is 10.2 Å². The lowest BCUT2D eigenvalue weighted by Gasteiger charge is -2.29. The summed E-state index contributed by atoms with van der Waals surface area (Å²) >= 11 is 0. The summed E-state index contributed by atoms with van der Waals surface area (Å²) in [6.45, 7) is 2.52. The van der Waals surface area contributed by atoms with E-state index in [4.69, 9.17) is 0 Å². The van der Waals surface area contributed by atoms with Gasteiger partial charge in [-0.3, -0.25) is 0 Å². The Hall–Kier alpha value is -0.0800. The fourth-order valence-corrected chi connectivity index (χ4v) is 2.02. The molecule has 2 saturated heterocycles. The number of piperazine rings is 1. The number of nitrogens with zero attached hydrogens (tertiary/aromatic N) is 1. The van der Waals surface area contributed by atoms with Gasteiger partial charge in [-0.25, -0.2) is 0 Å². The van der Waals surface area contributed by atoms with Crippen molar-refractivity contribution in [2.45, 2.75) is 24.9 Å². The van der Waals surface area contributed by atoms with E-state index < -0.39 is 0 Å². The van der Waals surface area contributed by atoms with Gasteiger partial charge in [0.25, 0.3) is 0 Å². The maximum Gasteiger partial charge on any atom is 0.0198 e. The first-order chi connectivity index (χ1) is 4.34. The molecule has 2 rings (SSSR count). The molecule has 0 aromatic heterocycles. The van der Waals surface area contributed by atoms with Gasteiger partial charge in [-0.05, 0) is 19.9 Å². The largest absolute Gasteiger partial charge is 0.309 e. The van der Waals surface area contributed by atoms with Crippen molar-refractivity contribution in [2.75, 3.05) is 20.1 Å². The predicted octanol–water partition coefficient (Wildman–Crippen LogP) is 0.0524. The van der Waals surface area contributed by atoms with Gasteiger partial charge in [-0.1, -0.05) is 0 Å². The van der Waals surface area contributed by atoms with Gasteiger partial charge in [0.2, 0.25) is 0 Å². The van der Waals surface area contributed by atoms with Crippen LogP contribution >= 0.6 is 0 Å². The molecule has 0 spiro atoms. The van der Waals surface area contributed by atoms with E-state index in [0.29, 0.717) is 0 Å². The zero-order chi connectivity index (χ0) is 6.27. The zero-order valence-corrected chi connectivity index (χ0v) is 5.93. The minimum Gasteiger partial charge on any atom is -0.309 e. The quantitative estimate of drug-likeness (QED) is 0.493. The van der Waals surface area contributed by atoms with Crippen molar-refractivity contribution in [3.63, 3.8) is 0 Å². The van der Waals surface area contributed by atoms with Gasteiger partial charge in [0, 0.05) is 25.2 Å². The number of likely N-dealkylation sites (tertiary alicyclic amines) is 1. The maximum atomic E-state index is 3.58. The zero-order valence-electron chi connectivity index (χ0n) is 5.93. The van der Waals surface area contributed by atoms with Crippen molar-refractivity contribution < 1.29 is 0 Å². The minimum absolute atomic E-state index is 0.814. The monoisotopic (exact) mass is 126 g/mol. The maximum absolute atomic E-state index is 3.58. The first kappa shape index (κ1) is 5.69. The van der Waals surface area contributed by atoms with Gasteiger partial charge in [0.1, 0.15) is 0 Å². The number of hydrogen-bond acceptors (Lipinski definition) is 2. The number of hydrogen-bond donors (Lipinski definition) is 1. The molecule has 2 heterocycles. The summed E-state index contributed by atoms with van der Waals surface area (Å²) in [6.07, 6.45) is 2.80. The smallest absolute Gasteiger partial charge is 0.0198 e. The molecule has 2 nitrogen and oxygen atoms in total. The summed E-state index contributed by atoms with van der Waals surface area (Å²) in [7, 11) is 2.21. The first-order valence-corrected chi connectivity index (χ1v) is 3.79. The summed E-state index contributed by atoms with van der Waals surface area (Å²) in [5, 5.41) is 3.58. The van der Waals surface area contributed by atoms with Gasteiger partial charge in [-0.2, -0.15) is 0 Å². The number of rotatable bonds is 0. The Labute approximate surface area is 56.2 Å². The Morgan fingerprint density at radius 1 is 1.22 bits per heavy atom. The Bertz CT molecular complexity index is 101. The highest BCUT2D eigenvalue weighted by atomic mass is 15.2. The standard InChI is InChI=1S/C7H14N2/c1-9-4-6-2-3-7(5-9)8-6/h6-8H,2-5H2,1H3/t6-,7-/m0/s1. The summed E-state index contributed by atoms with van der Waals surface area (Å²) in [5.41, 5.74) is 0. The summed E-state index contributed by atoms with van der Waals surface area (Å²) in [6, 6.07) is 1.63. The molecule has 0 aliphatic carbocycles. The van der Waals surface area contributed by atoms with Crippen molar-refractivity contribution in [1.82, 2.24) is 10.2 Å². The third kappa shape index (κ3) is 0.970. The fourth-order valence-electron chi connectivity index (χ4n) is 2.02. The van der Waals surface area contributed by atoms with Crippen LogP contribution < -0.4 is 5.32 Å². The van der Waals surface area contributed by atoms with E-state index in [2.05, 4.69) is 17.3 Å². The number of nitrogens with one attached hydrogen (secondary N) is 1. The third-order valence-corrected chi connectivity index (χ3v) is 2.40. The fraction of sp³-hybridized carbons (Fsp3) is 1.00. The van der Waals surface area contributed by atoms with Crippen LogP contribution in [0.5, 0.6) is 0 Å². The number of likely N-dealkylation sites (N-methyl/N-ethyl adjacent to an activating group) is 1. The molecule has 2 fully saturated rings. The van der Waals surface area contributed by atoms with Crippen molar-refractivity contribution in [3.8, 4) is 0 Å². The molecule has 52 valence electrons. The van der Waals surface area contributed by atoms with Crippen molar-refractivity contribution >= 4 is 0 Å². The van der Waals surface area contributed by atoms with E-state index in [1.165, 1.54) is 25.9 Å². The summed E-state index contributed by atoms with van der Waals surface area (Å²) in [4.78, 5) is 2.43. The second-order valence-electron chi connectivity index (χ2n) is 3.36. The first-order valence-electron chi connectivity index (χ1n) is 3.79. The molecule has 1 N–H and O–H groups in total. The van der Waals surface area contributed by atoms with E-state index in [9.17, 15) is 0 Å². The number of fused-ring (bicyclic) bond motifs is 2. The highest BCUT2D eigenvalue weighted by Crippen LogP contribution is 2.18. The molecule has 0 aromatic carbocycles. The van der Waals surface area contributed by atoms with Crippen molar-refractivity contribution in [2.24, 2.45) is 0 Å². The van der Waals surface area contributed by atoms with Crippen LogP contribution in [0, 0.1) is 0 Å². The van der Waals surface area contributed by atoms with E-state index >= 15 is 0 Å². The van der Waals surface area contributed by atoms with E-state index in [1.807, 2.05) is 0 Å². The molecule has 0 amide bonds. The SMILES string of the molecule is CN1C[C@@H]2CC[C@@H](C1)N2. The Balaban J connectivity index is 2.03. The highest BCUT2D eigenvalue weighted by Gasteiger charge is 2.29. The normalized spacial score (nSPS) is 43.7. The van der Waals surface area contributed by atoms with E-state index in [-0.39, 0.29) is 0 Å². The van der Waals surface area contributed by atoms with Crippen LogP contribution in [0.2, 0.25) is 0 Å². The minimum atomic E-state index is 0.814.